The lowest BCUT2D eigenvalue weighted by atomic mass is 10.0. The molecule has 1 unspecified atom stereocenters. The summed E-state index contributed by atoms with van der Waals surface area (Å²) in [7, 11) is 0. The zero-order valence-electron chi connectivity index (χ0n) is 10.0. The summed E-state index contributed by atoms with van der Waals surface area (Å²) in [5.41, 5.74) is 3.92. The van der Waals surface area contributed by atoms with Crippen molar-refractivity contribution in [1.29, 1.82) is 0 Å². The second-order valence-electron chi connectivity index (χ2n) is 4.48. The Morgan fingerprint density at radius 3 is 2.65 bits per heavy atom. The molecule has 5 heteroatoms. The van der Waals surface area contributed by atoms with Crippen molar-refractivity contribution in [2.24, 2.45) is 5.84 Å². The first-order valence-electron chi connectivity index (χ1n) is 6.23. The molecule has 1 aliphatic rings. The minimum Gasteiger partial charge on any atom is -0.271 e. The van der Waals surface area contributed by atoms with Crippen molar-refractivity contribution in [2.45, 2.75) is 43.4 Å². The van der Waals surface area contributed by atoms with E-state index in [2.05, 4.69) is 15.4 Å². The van der Waals surface area contributed by atoms with Crippen molar-refractivity contribution in [1.82, 2.24) is 15.4 Å². The first-order valence-corrected chi connectivity index (χ1v) is 7.27. The topological polar surface area (TPSA) is 63.8 Å². The third-order valence-corrected chi connectivity index (χ3v) is 4.70. The fourth-order valence-electron chi connectivity index (χ4n) is 2.20. The van der Waals surface area contributed by atoms with Gasteiger partial charge in [-0.15, -0.1) is 0 Å². The van der Waals surface area contributed by atoms with Crippen LogP contribution in [0.4, 0.5) is 0 Å². The van der Waals surface area contributed by atoms with Crippen molar-refractivity contribution in [2.75, 3.05) is 5.75 Å². The lowest BCUT2D eigenvalue weighted by molar-refractivity contribution is 0.514. The number of hydrogen-bond acceptors (Lipinski definition) is 5. The van der Waals surface area contributed by atoms with Gasteiger partial charge in [0.25, 0.3) is 0 Å². The zero-order chi connectivity index (χ0) is 11.9. The summed E-state index contributed by atoms with van der Waals surface area (Å²) in [5.74, 6) is 6.60. The number of rotatable bonds is 5. The third kappa shape index (κ3) is 3.94. The van der Waals surface area contributed by atoms with Crippen molar-refractivity contribution in [3.8, 4) is 0 Å². The predicted molar refractivity (Wildman–Crippen MR) is 71.4 cm³/mol. The summed E-state index contributed by atoms with van der Waals surface area (Å²) >= 11 is 2.03. The van der Waals surface area contributed by atoms with Gasteiger partial charge in [-0.25, -0.2) is 9.97 Å². The average Bonchev–Trinajstić information content (AvgIpc) is 2.42. The Bertz CT molecular complexity index is 314. The molecule has 0 bridgehead atoms. The lowest BCUT2D eigenvalue weighted by Gasteiger charge is -2.23. The molecule has 1 saturated carbocycles. The van der Waals surface area contributed by atoms with E-state index in [1.807, 2.05) is 24.2 Å². The molecule has 0 radical (unpaired) electrons. The first kappa shape index (κ1) is 12.8. The van der Waals surface area contributed by atoms with Gasteiger partial charge in [0.15, 0.2) is 0 Å². The molecule has 0 aromatic carbocycles. The number of thioether (sulfide) groups is 1. The van der Waals surface area contributed by atoms with Crippen molar-refractivity contribution >= 4 is 11.8 Å². The maximum atomic E-state index is 5.60. The van der Waals surface area contributed by atoms with Crippen molar-refractivity contribution < 1.29 is 0 Å². The molecule has 1 aromatic heterocycles. The van der Waals surface area contributed by atoms with Gasteiger partial charge in [0, 0.05) is 29.0 Å². The fraction of sp³-hybridized carbons (Fsp3) is 0.667. The smallest absolute Gasteiger partial charge is 0.115 e. The van der Waals surface area contributed by atoms with Crippen LogP contribution in [0.5, 0.6) is 0 Å². The van der Waals surface area contributed by atoms with E-state index in [1.54, 1.807) is 6.33 Å². The molecule has 4 nitrogen and oxygen atoms in total. The molecule has 0 spiro atoms. The Labute approximate surface area is 107 Å². The SMILES string of the molecule is NNC(CSC1CCCCC1)c1cncnc1. The van der Waals surface area contributed by atoms with Crippen LogP contribution in [0.15, 0.2) is 18.7 Å². The van der Waals surface area contributed by atoms with Gasteiger partial charge in [-0.05, 0) is 12.8 Å². The van der Waals surface area contributed by atoms with Crippen LogP contribution in [0.25, 0.3) is 0 Å². The molecule has 1 fully saturated rings. The highest BCUT2D eigenvalue weighted by Crippen LogP contribution is 2.30. The van der Waals surface area contributed by atoms with Crippen LogP contribution >= 0.6 is 11.8 Å². The van der Waals surface area contributed by atoms with Gasteiger partial charge >= 0.3 is 0 Å². The van der Waals surface area contributed by atoms with E-state index >= 15 is 0 Å². The molecule has 0 aliphatic heterocycles. The van der Waals surface area contributed by atoms with Gasteiger partial charge in [0.2, 0.25) is 0 Å². The standard InChI is InChI=1S/C12H20N4S/c13-16-12(10-6-14-9-15-7-10)8-17-11-4-2-1-3-5-11/h6-7,9,11-12,16H,1-5,8,13H2. The number of nitrogens with zero attached hydrogens (tertiary/aromatic N) is 2. The highest BCUT2D eigenvalue weighted by Gasteiger charge is 2.17. The number of hydrogen-bond donors (Lipinski definition) is 2. The number of hydrazine groups is 1. The fourth-order valence-corrected chi connectivity index (χ4v) is 3.62. The van der Waals surface area contributed by atoms with Crippen LogP contribution in [0.1, 0.15) is 43.7 Å². The van der Waals surface area contributed by atoms with E-state index in [0.29, 0.717) is 0 Å². The number of nitrogens with two attached hydrogens (primary N) is 1. The molecule has 1 atom stereocenters. The lowest BCUT2D eigenvalue weighted by Crippen LogP contribution is -2.30. The first-order chi connectivity index (χ1) is 8.40. The van der Waals surface area contributed by atoms with Gasteiger partial charge in [-0.2, -0.15) is 11.8 Å². The van der Waals surface area contributed by atoms with Gasteiger partial charge in [-0.3, -0.25) is 11.3 Å². The van der Waals surface area contributed by atoms with E-state index in [0.717, 1.165) is 16.6 Å². The second kappa shape index (κ2) is 6.93. The maximum Gasteiger partial charge on any atom is 0.115 e. The molecule has 0 saturated heterocycles. The zero-order valence-corrected chi connectivity index (χ0v) is 10.8. The molecule has 1 aromatic rings. The van der Waals surface area contributed by atoms with Gasteiger partial charge in [-0.1, -0.05) is 19.3 Å². The quantitative estimate of drug-likeness (QED) is 0.620. The van der Waals surface area contributed by atoms with Crippen molar-refractivity contribution in [3.05, 3.63) is 24.3 Å². The van der Waals surface area contributed by atoms with Crippen LogP contribution in [0.2, 0.25) is 0 Å². The van der Waals surface area contributed by atoms with E-state index in [-0.39, 0.29) is 6.04 Å². The Kier molecular flexibility index (Phi) is 5.22. The Morgan fingerprint density at radius 1 is 1.29 bits per heavy atom. The minimum absolute atomic E-state index is 0.156. The third-order valence-electron chi connectivity index (χ3n) is 3.23. The highest BCUT2D eigenvalue weighted by atomic mass is 32.2. The molecule has 1 aliphatic carbocycles. The summed E-state index contributed by atoms with van der Waals surface area (Å²) in [6.07, 6.45) is 12.1. The number of nitrogens with one attached hydrogen (secondary N) is 1. The summed E-state index contributed by atoms with van der Waals surface area (Å²) in [4.78, 5) is 8.06. The van der Waals surface area contributed by atoms with Crippen LogP contribution in [0.3, 0.4) is 0 Å². The van der Waals surface area contributed by atoms with Crippen molar-refractivity contribution in [3.63, 3.8) is 0 Å². The Morgan fingerprint density at radius 2 is 2.00 bits per heavy atom. The minimum atomic E-state index is 0.156. The molecule has 3 N–H and O–H groups in total. The molecular formula is C12H20N4S. The normalized spacial score (nSPS) is 19.1. The molecule has 0 amide bonds. The van der Waals surface area contributed by atoms with Crippen LogP contribution in [-0.2, 0) is 0 Å². The predicted octanol–water partition coefficient (Wildman–Crippen LogP) is 2.05. The molecule has 1 heterocycles. The van der Waals surface area contributed by atoms with Crippen LogP contribution in [0, 0.1) is 0 Å². The summed E-state index contributed by atoms with van der Waals surface area (Å²) in [5, 5.41) is 0.809. The van der Waals surface area contributed by atoms with Crippen LogP contribution < -0.4 is 11.3 Å². The molecule has 17 heavy (non-hydrogen) atoms. The number of aromatic nitrogens is 2. The van der Waals surface area contributed by atoms with Gasteiger partial charge < -0.3 is 0 Å². The Balaban J connectivity index is 1.83. The summed E-state index contributed by atoms with van der Waals surface area (Å²) < 4.78 is 0. The monoisotopic (exact) mass is 252 g/mol. The van der Waals surface area contributed by atoms with Gasteiger partial charge in [0.05, 0.1) is 6.04 Å². The molecule has 94 valence electrons. The van der Waals surface area contributed by atoms with E-state index in [1.165, 1.54) is 32.1 Å². The summed E-state index contributed by atoms with van der Waals surface area (Å²) in [6, 6.07) is 0.156. The average molecular weight is 252 g/mol. The molecule has 2 rings (SSSR count). The maximum absolute atomic E-state index is 5.60. The largest absolute Gasteiger partial charge is 0.271 e. The van der Waals surface area contributed by atoms with E-state index in [4.69, 9.17) is 5.84 Å². The summed E-state index contributed by atoms with van der Waals surface area (Å²) in [6.45, 7) is 0. The second-order valence-corrected chi connectivity index (χ2v) is 5.82. The Hall–Kier alpha value is -0.650. The van der Waals surface area contributed by atoms with E-state index < -0.39 is 0 Å². The highest BCUT2D eigenvalue weighted by molar-refractivity contribution is 7.99. The van der Waals surface area contributed by atoms with Crippen LogP contribution in [-0.4, -0.2) is 21.0 Å². The van der Waals surface area contributed by atoms with Gasteiger partial charge in [0.1, 0.15) is 6.33 Å². The van der Waals surface area contributed by atoms with E-state index in [9.17, 15) is 0 Å². The molecular weight excluding hydrogens is 232 g/mol.